The third kappa shape index (κ3) is 0.971. The maximum atomic E-state index is 12.0. The van der Waals surface area contributed by atoms with Gasteiger partial charge in [0.1, 0.15) is 11.6 Å². The molecule has 2 atom stereocenters. The molecule has 2 aliphatic rings. The normalized spacial score (nSPS) is 41.2. The average molecular weight is 194 g/mol. The van der Waals surface area contributed by atoms with E-state index in [1.165, 1.54) is 0 Å². The number of fused-ring (bicyclic) bond motifs is 2. The molecular formula is C12H18O2. The van der Waals surface area contributed by atoms with Gasteiger partial charge in [-0.15, -0.1) is 0 Å². The van der Waals surface area contributed by atoms with Gasteiger partial charge in [-0.3, -0.25) is 9.59 Å². The second kappa shape index (κ2) is 2.68. The molecule has 0 aromatic heterocycles. The summed E-state index contributed by atoms with van der Waals surface area (Å²) in [5.74, 6) is 0.736. The molecule has 0 aromatic rings. The van der Waals surface area contributed by atoms with Crippen molar-refractivity contribution in [3.05, 3.63) is 0 Å². The Hall–Kier alpha value is -0.660. The molecule has 0 saturated heterocycles. The first-order chi connectivity index (χ1) is 6.39. The maximum absolute atomic E-state index is 12.0. The van der Waals surface area contributed by atoms with Gasteiger partial charge in [0.05, 0.1) is 0 Å². The van der Waals surface area contributed by atoms with E-state index >= 15 is 0 Å². The lowest BCUT2D eigenvalue weighted by molar-refractivity contribution is -0.132. The number of carbonyl (C=O) groups is 2. The van der Waals surface area contributed by atoms with Gasteiger partial charge >= 0.3 is 0 Å². The molecule has 2 saturated carbocycles. The van der Waals surface area contributed by atoms with Gasteiger partial charge in [-0.25, -0.2) is 0 Å². The van der Waals surface area contributed by atoms with Crippen LogP contribution in [0.5, 0.6) is 0 Å². The van der Waals surface area contributed by atoms with Crippen LogP contribution in [-0.2, 0) is 9.59 Å². The summed E-state index contributed by atoms with van der Waals surface area (Å²) in [6, 6.07) is 0. The zero-order valence-electron chi connectivity index (χ0n) is 9.22. The summed E-state index contributed by atoms with van der Waals surface area (Å²) in [6.07, 6.45) is 2.75. The SMILES string of the molecule is CC12CCC(C(=O)CCC1=O)C2(C)C. The van der Waals surface area contributed by atoms with Crippen LogP contribution in [-0.4, -0.2) is 11.6 Å². The first-order valence-corrected chi connectivity index (χ1v) is 5.45. The molecule has 0 heterocycles. The minimum Gasteiger partial charge on any atom is -0.299 e. The van der Waals surface area contributed by atoms with E-state index in [4.69, 9.17) is 0 Å². The van der Waals surface area contributed by atoms with Gasteiger partial charge in [0.25, 0.3) is 0 Å². The van der Waals surface area contributed by atoms with Crippen molar-refractivity contribution in [3.63, 3.8) is 0 Å². The number of carbonyl (C=O) groups excluding carboxylic acids is 2. The quantitative estimate of drug-likeness (QED) is 0.593. The van der Waals surface area contributed by atoms with Crippen molar-refractivity contribution in [1.29, 1.82) is 0 Å². The van der Waals surface area contributed by atoms with E-state index in [9.17, 15) is 9.59 Å². The zero-order valence-corrected chi connectivity index (χ0v) is 9.22. The van der Waals surface area contributed by atoms with Crippen LogP contribution in [0.15, 0.2) is 0 Å². The van der Waals surface area contributed by atoms with Gasteiger partial charge in [-0.1, -0.05) is 20.8 Å². The van der Waals surface area contributed by atoms with Crippen molar-refractivity contribution in [1.82, 2.24) is 0 Å². The lowest BCUT2D eigenvalue weighted by Gasteiger charge is -2.38. The molecule has 0 aliphatic heterocycles. The van der Waals surface area contributed by atoms with Crippen molar-refractivity contribution in [2.24, 2.45) is 16.7 Å². The van der Waals surface area contributed by atoms with Crippen LogP contribution in [0.3, 0.4) is 0 Å². The average Bonchev–Trinajstić information content (AvgIpc) is 2.31. The lowest BCUT2D eigenvalue weighted by Crippen LogP contribution is -2.39. The fourth-order valence-electron chi connectivity index (χ4n) is 3.25. The molecule has 2 aliphatic carbocycles. The summed E-state index contributed by atoms with van der Waals surface area (Å²) in [5, 5.41) is 0. The summed E-state index contributed by atoms with van der Waals surface area (Å²) in [6.45, 7) is 6.23. The minimum absolute atomic E-state index is 0.124. The standard InChI is InChI=1S/C12H18O2/c1-11(2)8-6-7-12(11,3)10(14)5-4-9(8)13/h8H,4-7H2,1-3H3. The first-order valence-electron chi connectivity index (χ1n) is 5.45. The third-order valence-corrected chi connectivity index (χ3v) is 4.83. The smallest absolute Gasteiger partial charge is 0.139 e. The van der Waals surface area contributed by atoms with Gasteiger partial charge in [0.15, 0.2) is 0 Å². The van der Waals surface area contributed by atoms with E-state index in [1.807, 2.05) is 6.92 Å². The Balaban J connectivity index is 2.50. The van der Waals surface area contributed by atoms with Crippen molar-refractivity contribution >= 4 is 11.6 Å². The Kier molecular flexibility index (Phi) is 1.89. The highest BCUT2D eigenvalue weighted by molar-refractivity contribution is 5.95. The Labute approximate surface area is 85.1 Å². The highest BCUT2D eigenvalue weighted by Gasteiger charge is 2.58. The molecule has 0 amide bonds. The van der Waals surface area contributed by atoms with Gasteiger partial charge < -0.3 is 0 Å². The van der Waals surface area contributed by atoms with Crippen LogP contribution >= 0.6 is 0 Å². The summed E-state index contributed by atoms with van der Waals surface area (Å²) in [5.41, 5.74) is -0.374. The Bertz CT molecular complexity index is 303. The molecule has 2 rings (SSSR count). The topological polar surface area (TPSA) is 34.1 Å². The lowest BCUT2D eigenvalue weighted by atomic mass is 9.64. The highest BCUT2D eigenvalue weighted by atomic mass is 16.1. The minimum atomic E-state index is -0.246. The van der Waals surface area contributed by atoms with Crippen molar-refractivity contribution in [2.45, 2.75) is 46.5 Å². The highest BCUT2D eigenvalue weighted by Crippen LogP contribution is 2.58. The van der Waals surface area contributed by atoms with Gasteiger partial charge in [-0.2, -0.15) is 0 Å². The zero-order chi connectivity index (χ0) is 10.6. The van der Waals surface area contributed by atoms with Crippen molar-refractivity contribution < 1.29 is 9.59 Å². The molecule has 2 heteroatoms. The summed E-state index contributed by atoms with van der Waals surface area (Å²) in [4.78, 5) is 23.8. The molecule has 0 radical (unpaired) electrons. The third-order valence-electron chi connectivity index (χ3n) is 4.83. The van der Waals surface area contributed by atoms with Gasteiger partial charge in [-0.05, 0) is 18.3 Å². The van der Waals surface area contributed by atoms with E-state index in [1.54, 1.807) is 0 Å². The second-order valence-electron chi connectivity index (χ2n) is 5.53. The van der Waals surface area contributed by atoms with Crippen molar-refractivity contribution in [2.75, 3.05) is 0 Å². The summed E-state index contributed by atoms with van der Waals surface area (Å²) in [7, 11) is 0. The summed E-state index contributed by atoms with van der Waals surface area (Å²) >= 11 is 0. The predicted octanol–water partition coefficient (Wildman–Crippen LogP) is 2.36. The van der Waals surface area contributed by atoms with E-state index in [0.29, 0.717) is 24.4 Å². The molecule has 78 valence electrons. The van der Waals surface area contributed by atoms with Crippen LogP contribution < -0.4 is 0 Å². The molecule has 0 aromatic carbocycles. The van der Waals surface area contributed by atoms with Crippen LogP contribution in [0, 0.1) is 16.7 Å². The monoisotopic (exact) mass is 194 g/mol. The number of Topliss-reactive ketones (excluding diaryl/α,β-unsaturated/α-hetero) is 2. The van der Waals surface area contributed by atoms with Gasteiger partial charge in [0, 0.05) is 24.2 Å². The molecule has 0 spiro atoms. The molecule has 2 nitrogen and oxygen atoms in total. The molecule has 0 N–H and O–H groups in total. The Morgan fingerprint density at radius 1 is 1.14 bits per heavy atom. The van der Waals surface area contributed by atoms with E-state index in [2.05, 4.69) is 13.8 Å². The largest absolute Gasteiger partial charge is 0.299 e. The Morgan fingerprint density at radius 2 is 1.79 bits per heavy atom. The molecule has 2 bridgehead atoms. The number of ketones is 2. The van der Waals surface area contributed by atoms with Crippen LogP contribution in [0.4, 0.5) is 0 Å². The van der Waals surface area contributed by atoms with Crippen LogP contribution in [0.2, 0.25) is 0 Å². The number of rotatable bonds is 0. The molecule has 14 heavy (non-hydrogen) atoms. The predicted molar refractivity (Wildman–Crippen MR) is 53.9 cm³/mol. The first kappa shape index (κ1) is 9.88. The molecular weight excluding hydrogens is 176 g/mol. The van der Waals surface area contributed by atoms with Crippen LogP contribution in [0.25, 0.3) is 0 Å². The van der Waals surface area contributed by atoms with Crippen LogP contribution in [0.1, 0.15) is 46.5 Å². The number of hydrogen-bond donors (Lipinski definition) is 0. The molecule has 2 fully saturated rings. The fourth-order valence-corrected chi connectivity index (χ4v) is 3.25. The second-order valence-corrected chi connectivity index (χ2v) is 5.53. The van der Waals surface area contributed by atoms with E-state index < -0.39 is 0 Å². The van der Waals surface area contributed by atoms with E-state index in [0.717, 1.165) is 12.8 Å². The molecule has 2 unspecified atom stereocenters. The maximum Gasteiger partial charge on any atom is 0.139 e. The van der Waals surface area contributed by atoms with E-state index in [-0.39, 0.29) is 16.7 Å². The van der Waals surface area contributed by atoms with Gasteiger partial charge in [0.2, 0.25) is 0 Å². The van der Waals surface area contributed by atoms with Crippen molar-refractivity contribution in [3.8, 4) is 0 Å². The number of hydrogen-bond acceptors (Lipinski definition) is 2. The summed E-state index contributed by atoms with van der Waals surface area (Å²) < 4.78 is 0. The Morgan fingerprint density at radius 3 is 2.43 bits per heavy atom. The fraction of sp³-hybridized carbons (Fsp3) is 0.833.